The Kier molecular flexibility index (Phi) is 15.5. The van der Waals surface area contributed by atoms with Crippen LogP contribution in [0.3, 0.4) is 0 Å². The van der Waals surface area contributed by atoms with Crippen LogP contribution in [0.2, 0.25) is 3.93 Å². The summed E-state index contributed by atoms with van der Waals surface area (Å²) in [7, 11) is 0. The Labute approximate surface area is 120 Å². The van der Waals surface area contributed by atoms with E-state index in [-0.39, 0.29) is 0 Å². The zero-order chi connectivity index (χ0) is 12.8. The van der Waals surface area contributed by atoms with Crippen molar-refractivity contribution in [3.8, 4) is 0 Å². The Morgan fingerprint density at radius 1 is 0.765 bits per heavy atom. The molecule has 2 heteroatoms. The van der Waals surface area contributed by atoms with Crippen molar-refractivity contribution in [1.29, 1.82) is 0 Å². The molecule has 0 bridgehead atoms. The first kappa shape index (κ1) is 17.8. The third-order valence-electron chi connectivity index (χ3n) is 3.16. The van der Waals surface area contributed by atoms with Crippen LogP contribution >= 0.6 is 0 Å². The molecule has 0 rings (SSSR count). The van der Waals surface area contributed by atoms with Gasteiger partial charge in [-0.25, -0.2) is 0 Å². The first-order valence-corrected chi connectivity index (χ1v) is 10.5. The second-order valence-corrected chi connectivity index (χ2v) is 8.84. The fraction of sp³-hybridized carbons (Fsp3) is 1.00. The summed E-state index contributed by atoms with van der Waals surface area (Å²) < 4.78 is 7.00. The number of hydrogen-bond acceptors (Lipinski definition) is 1. The van der Waals surface area contributed by atoms with Gasteiger partial charge in [-0.2, -0.15) is 0 Å². The van der Waals surface area contributed by atoms with E-state index < -0.39 is 21.6 Å². The van der Waals surface area contributed by atoms with Crippen LogP contribution in [0.5, 0.6) is 0 Å². The molecule has 0 saturated heterocycles. The van der Waals surface area contributed by atoms with Crippen molar-refractivity contribution in [3.05, 3.63) is 0 Å². The Morgan fingerprint density at radius 3 is 1.88 bits per heavy atom. The minimum absolute atomic E-state index is 0.531. The summed E-state index contributed by atoms with van der Waals surface area (Å²) >= 11 is -0.531. The van der Waals surface area contributed by atoms with Crippen molar-refractivity contribution in [2.75, 3.05) is 6.61 Å². The monoisotopic (exact) mass is 348 g/mol. The molecule has 2 radical (unpaired) electrons. The first-order valence-electron chi connectivity index (χ1n) is 7.72. The molecule has 0 amide bonds. The first-order chi connectivity index (χ1) is 8.35. The predicted molar refractivity (Wildman–Crippen MR) is 78.6 cm³/mol. The van der Waals surface area contributed by atoms with Gasteiger partial charge in [0.1, 0.15) is 0 Å². The average Bonchev–Trinajstić information content (AvgIpc) is 2.35. The van der Waals surface area contributed by atoms with Gasteiger partial charge in [-0.1, -0.05) is 0 Å². The predicted octanol–water partition coefficient (Wildman–Crippen LogP) is 5.37. The van der Waals surface area contributed by atoms with Crippen molar-refractivity contribution < 1.29 is 3.07 Å². The zero-order valence-corrected chi connectivity index (χ0v) is 15.1. The van der Waals surface area contributed by atoms with E-state index in [1.165, 1.54) is 64.2 Å². The average molecular weight is 347 g/mol. The van der Waals surface area contributed by atoms with Crippen LogP contribution in [-0.2, 0) is 3.07 Å². The molecule has 1 nitrogen and oxygen atoms in total. The molecule has 0 N–H and O–H groups in total. The van der Waals surface area contributed by atoms with Crippen LogP contribution in [0.1, 0.15) is 85.0 Å². The molecule has 0 aromatic carbocycles. The van der Waals surface area contributed by atoms with Crippen LogP contribution in [0.4, 0.5) is 0 Å². The maximum absolute atomic E-state index is 6.01. The molecule has 0 aromatic heterocycles. The molecular weight excluding hydrogens is 315 g/mol. The van der Waals surface area contributed by atoms with Gasteiger partial charge in [0.05, 0.1) is 0 Å². The second kappa shape index (κ2) is 14.8. The number of hydrogen-bond donors (Lipinski definition) is 0. The van der Waals surface area contributed by atoms with E-state index in [0.29, 0.717) is 0 Å². The molecule has 0 spiro atoms. The van der Waals surface area contributed by atoms with E-state index in [9.17, 15) is 0 Å². The zero-order valence-electron chi connectivity index (χ0n) is 12.3. The topological polar surface area (TPSA) is 9.23 Å². The summed E-state index contributed by atoms with van der Waals surface area (Å²) in [6, 6.07) is 0. The van der Waals surface area contributed by atoms with Crippen molar-refractivity contribution in [2.45, 2.75) is 88.9 Å². The Hall–Kier alpha value is 0.759. The van der Waals surface area contributed by atoms with Gasteiger partial charge in [0.25, 0.3) is 0 Å². The van der Waals surface area contributed by atoms with E-state index >= 15 is 0 Å². The molecule has 0 fully saturated rings. The maximum atomic E-state index is 6.01. The van der Waals surface area contributed by atoms with E-state index in [1.807, 2.05) is 0 Å². The molecule has 0 aliphatic heterocycles. The van der Waals surface area contributed by atoms with Crippen LogP contribution in [-0.4, -0.2) is 28.2 Å². The standard InChI is InChI=1S/C9H19.C6H13O.Sn/c1-3-5-7-9-8-6-4-2;1-2-3-4-5-6-7;/h9H,3-8H2,1-2H3;2-6H2,1H3;/q;-1;+1. The van der Waals surface area contributed by atoms with Crippen molar-refractivity contribution in [1.82, 2.24) is 0 Å². The molecule has 17 heavy (non-hydrogen) atoms. The van der Waals surface area contributed by atoms with Gasteiger partial charge in [0, 0.05) is 0 Å². The molecule has 0 aliphatic carbocycles. The number of rotatable bonds is 13. The summed E-state index contributed by atoms with van der Waals surface area (Å²) in [5.74, 6) is 0. The summed E-state index contributed by atoms with van der Waals surface area (Å²) in [4.78, 5) is 0. The molecular formula is C15H32OSn. The Bertz CT molecular complexity index is 131. The van der Waals surface area contributed by atoms with E-state index in [1.54, 1.807) is 0 Å². The molecule has 0 heterocycles. The molecule has 0 saturated carbocycles. The van der Waals surface area contributed by atoms with Gasteiger partial charge in [-0.05, 0) is 0 Å². The number of unbranched alkanes of at least 4 members (excludes halogenated alkanes) is 5. The van der Waals surface area contributed by atoms with Gasteiger partial charge in [0.15, 0.2) is 0 Å². The van der Waals surface area contributed by atoms with Crippen LogP contribution in [0.15, 0.2) is 0 Å². The molecule has 0 atom stereocenters. The summed E-state index contributed by atoms with van der Waals surface area (Å²) in [6.07, 6.45) is 13.8. The van der Waals surface area contributed by atoms with E-state index in [0.717, 1.165) is 10.5 Å². The summed E-state index contributed by atoms with van der Waals surface area (Å²) in [5.41, 5.74) is 0. The summed E-state index contributed by atoms with van der Waals surface area (Å²) in [6.45, 7) is 7.92. The molecule has 0 aromatic rings. The molecule has 0 unspecified atom stereocenters. The normalized spacial score (nSPS) is 11.3. The van der Waals surface area contributed by atoms with E-state index in [2.05, 4.69) is 20.8 Å². The van der Waals surface area contributed by atoms with Crippen molar-refractivity contribution in [3.63, 3.8) is 0 Å². The third-order valence-corrected chi connectivity index (χ3v) is 6.82. The van der Waals surface area contributed by atoms with Gasteiger partial charge < -0.3 is 0 Å². The van der Waals surface area contributed by atoms with Crippen molar-refractivity contribution >= 4 is 21.6 Å². The van der Waals surface area contributed by atoms with Crippen LogP contribution in [0, 0.1) is 0 Å². The quantitative estimate of drug-likeness (QED) is 0.321. The van der Waals surface area contributed by atoms with Crippen LogP contribution in [0.25, 0.3) is 0 Å². The summed E-state index contributed by atoms with van der Waals surface area (Å²) in [5, 5.41) is 0. The van der Waals surface area contributed by atoms with Gasteiger partial charge in [-0.3, -0.25) is 0 Å². The van der Waals surface area contributed by atoms with Gasteiger partial charge in [-0.15, -0.1) is 0 Å². The van der Waals surface area contributed by atoms with Crippen molar-refractivity contribution in [2.24, 2.45) is 0 Å². The van der Waals surface area contributed by atoms with Gasteiger partial charge >= 0.3 is 120 Å². The fourth-order valence-electron chi connectivity index (χ4n) is 1.94. The fourth-order valence-corrected chi connectivity index (χ4v) is 5.20. The van der Waals surface area contributed by atoms with E-state index in [4.69, 9.17) is 3.07 Å². The Morgan fingerprint density at radius 2 is 1.35 bits per heavy atom. The Balaban J connectivity index is 3.45. The minimum atomic E-state index is -0.531. The van der Waals surface area contributed by atoms with Crippen LogP contribution < -0.4 is 0 Å². The third kappa shape index (κ3) is 13.0. The SMILES string of the molecule is CCCCCC[O][Sn][CH](CCCC)CCCC. The van der Waals surface area contributed by atoms with Gasteiger partial charge in [0.2, 0.25) is 0 Å². The molecule has 102 valence electrons. The molecule has 0 aliphatic rings. The second-order valence-electron chi connectivity index (χ2n) is 5.01.